The molecule has 19 heavy (non-hydrogen) atoms. The zero-order valence-electron chi connectivity index (χ0n) is 11.8. The Morgan fingerprint density at radius 2 is 1.63 bits per heavy atom. The molecule has 0 aromatic carbocycles. The van der Waals surface area contributed by atoms with Gasteiger partial charge in [0.15, 0.2) is 0 Å². The number of amides is 1. The maximum atomic E-state index is 12.1. The molecule has 114 valence electrons. The van der Waals surface area contributed by atoms with Crippen LogP contribution in [0.4, 0.5) is 13.2 Å². The number of rotatable bonds is 9. The zero-order valence-corrected chi connectivity index (χ0v) is 11.8. The Morgan fingerprint density at radius 3 is 2.00 bits per heavy atom. The lowest BCUT2D eigenvalue weighted by molar-refractivity contribution is -0.138. The van der Waals surface area contributed by atoms with Crippen molar-refractivity contribution in [3.8, 4) is 0 Å². The van der Waals surface area contributed by atoms with Gasteiger partial charge in [-0.2, -0.15) is 13.2 Å². The van der Waals surface area contributed by atoms with Gasteiger partial charge in [-0.25, -0.2) is 0 Å². The zero-order chi connectivity index (χ0) is 14.9. The van der Waals surface area contributed by atoms with E-state index in [1.807, 2.05) is 13.8 Å². The fraction of sp³-hybridized carbons (Fsp3) is 0.923. The summed E-state index contributed by atoms with van der Waals surface area (Å²) in [5.74, 6) is -0.208. The Labute approximate surface area is 113 Å². The predicted octanol–water partition coefficient (Wildman–Crippen LogP) is 2.99. The highest BCUT2D eigenvalue weighted by Crippen LogP contribution is 2.29. The number of carbonyl (C=O) groups is 1. The van der Waals surface area contributed by atoms with Crippen molar-refractivity contribution in [2.24, 2.45) is 11.1 Å². The second-order valence-corrected chi connectivity index (χ2v) is 4.96. The quantitative estimate of drug-likeness (QED) is 0.639. The smallest absolute Gasteiger partial charge is 0.356 e. The van der Waals surface area contributed by atoms with Crippen LogP contribution in [-0.2, 0) is 4.79 Å². The average molecular weight is 282 g/mol. The number of carbonyl (C=O) groups excluding carboxylic acids is 1. The third-order valence-corrected chi connectivity index (χ3v) is 3.25. The van der Waals surface area contributed by atoms with Crippen LogP contribution in [0.15, 0.2) is 0 Å². The highest BCUT2D eigenvalue weighted by atomic mass is 19.4. The fourth-order valence-corrected chi connectivity index (χ4v) is 2.28. The number of halogens is 3. The lowest BCUT2D eigenvalue weighted by Crippen LogP contribution is -2.46. The molecule has 0 rings (SSSR count). The second kappa shape index (κ2) is 8.40. The Balaban J connectivity index is 4.32. The van der Waals surface area contributed by atoms with Gasteiger partial charge < -0.3 is 11.1 Å². The van der Waals surface area contributed by atoms with Crippen molar-refractivity contribution in [1.82, 2.24) is 5.32 Å². The van der Waals surface area contributed by atoms with Gasteiger partial charge in [-0.3, -0.25) is 4.79 Å². The summed E-state index contributed by atoms with van der Waals surface area (Å²) >= 11 is 0. The molecular weight excluding hydrogens is 257 g/mol. The summed E-state index contributed by atoms with van der Waals surface area (Å²) in [5, 5.41) is 2.60. The summed E-state index contributed by atoms with van der Waals surface area (Å²) in [5.41, 5.74) is 5.09. The topological polar surface area (TPSA) is 55.1 Å². The van der Waals surface area contributed by atoms with Crippen molar-refractivity contribution in [3.63, 3.8) is 0 Å². The molecule has 6 heteroatoms. The Bertz CT molecular complexity index is 261. The highest BCUT2D eigenvalue weighted by Gasteiger charge is 2.35. The molecule has 0 saturated heterocycles. The van der Waals surface area contributed by atoms with E-state index >= 15 is 0 Å². The minimum Gasteiger partial charge on any atom is -0.356 e. The van der Waals surface area contributed by atoms with Crippen molar-refractivity contribution < 1.29 is 18.0 Å². The third kappa shape index (κ3) is 6.80. The Hall–Kier alpha value is -0.780. The van der Waals surface area contributed by atoms with Gasteiger partial charge >= 0.3 is 6.18 Å². The number of alkyl halides is 3. The van der Waals surface area contributed by atoms with Crippen LogP contribution in [0.25, 0.3) is 0 Å². The van der Waals surface area contributed by atoms with Crippen LogP contribution in [0.2, 0.25) is 0 Å². The lowest BCUT2D eigenvalue weighted by atomic mass is 9.78. The minimum absolute atomic E-state index is 0.0491. The predicted molar refractivity (Wildman–Crippen MR) is 69.6 cm³/mol. The first kappa shape index (κ1) is 18.2. The van der Waals surface area contributed by atoms with Crippen LogP contribution in [0.5, 0.6) is 0 Å². The number of nitrogens with one attached hydrogen (secondary N) is 1. The van der Waals surface area contributed by atoms with E-state index in [4.69, 9.17) is 5.73 Å². The molecule has 0 bridgehead atoms. The SMILES string of the molecule is CCCC(CN)(CCC)C(=O)NCCCC(F)(F)F. The molecule has 0 saturated carbocycles. The fourth-order valence-electron chi connectivity index (χ4n) is 2.28. The number of nitrogens with two attached hydrogens (primary N) is 1. The molecular formula is C13H25F3N2O. The van der Waals surface area contributed by atoms with Crippen molar-refractivity contribution in [1.29, 1.82) is 0 Å². The molecule has 3 N–H and O–H groups in total. The van der Waals surface area contributed by atoms with Gasteiger partial charge in [-0.05, 0) is 19.3 Å². The first-order valence-electron chi connectivity index (χ1n) is 6.86. The molecule has 0 spiro atoms. The van der Waals surface area contributed by atoms with Crippen molar-refractivity contribution in [2.75, 3.05) is 13.1 Å². The van der Waals surface area contributed by atoms with Crippen LogP contribution in [0.3, 0.4) is 0 Å². The second-order valence-electron chi connectivity index (χ2n) is 4.96. The van der Waals surface area contributed by atoms with Gasteiger partial charge in [-0.15, -0.1) is 0 Å². The van der Waals surface area contributed by atoms with Crippen LogP contribution < -0.4 is 11.1 Å². The standard InChI is InChI=1S/C13H25F3N2O/c1-3-6-12(10-17,7-4-2)11(19)18-9-5-8-13(14,15)16/h3-10,17H2,1-2H3,(H,18,19). The maximum absolute atomic E-state index is 12.1. The largest absolute Gasteiger partial charge is 0.389 e. The molecule has 0 fully saturated rings. The van der Waals surface area contributed by atoms with E-state index in [0.717, 1.165) is 12.8 Å². The van der Waals surface area contributed by atoms with Gasteiger partial charge in [0.05, 0.1) is 5.41 Å². The van der Waals surface area contributed by atoms with E-state index in [2.05, 4.69) is 5.32 Å². The molecule has 0 aliphatic rings. The number of hydrogen-bond donors (Lipinski definition) is 2. The van der Waals surface area contributed by atoms with Crippen LogP contribution in [-0.4, -0.2) is 25.2 Å². The van der Waals surface area contributed by atoms with Gasteiger partial charge in [-0.1, -0.05) is 26.7 Å². The average Bonchev–Trinajstić information content (AvgIpc) is 2.32. The van der Waals surface area contributed by atoms with Crippen LogP contribution >= 0.6 is 0 Å². The normalized spacial score (nSPS) is 12.5. The molecule has 0 radical (unpaired) electrons. The van der Waals surface area contributed by atoms with Gasteiger partial charge in [0, 0.05) is 19.5 Å². The molecule has 0 aromatic heterocycles. The summed E-state index contributed by atoms with van der Waals surface area (Å²) in [7, 11) is 0. The molecule has 0 heterocycles. The summed E-state index contributed by atoms with van der Waals surface area (Å²) in [6.07, 6.45) is -2.13. The van der Waals surface area contributed by atoms with Gasteiger partial charge in [0.25, 0.3) is 0 Å². The first-order valence-corrected chi connectivity index (χ1v) is 6.86. The van der Waals surface area contributed by atoms with E-state index in [0.29, 0.717) is 12.8 Å². The molecule has 1 amide bonds. The molecule has 0 unspecified atom stereocenters. The molecule has 0 aliphatic carbocycles. The Kier molecular flexibility index (Phi) is 8.06. The van der Waals surface area contributed by atoms with Crippen molar-refractivity contribution >= 4 is 5.91 Å². The van der Waals surface area contributed by atoms with E-state index in [-0.39, 0.29) is 25.4 Å². The van der Waals surface area contributed by atoms with E-state index in [9.17, 15) is 18.0 Å². The van der Waals surface area contributed by atoms with E-state index < -0.39 is 18.0 Å². The van der Waals surface area contributed by atoms with Gasteiger partial charge in [0.1, 0.15) is 0 Å². The van der Waals surface area contributed by atoms with Crippen LogP contribution in [0.1, 0.15) is 52.4 Å². The van der Waals surface area contributed by atoms with Gasteiger partial charge in [0.2, 0.25) is 5.91 Å². The molecule has 0 aliphatic heterocycles. The molecule has 0 aromatic rings. The summed E-state index contributed by atoms with van der Waals surface area (Å²) in [6, 6.07) is 0. The monoisotopic (exact) mass is 282 g/mol. The molecule has 3 nitrogen and oxygen atoms in total. The third-order valence-electron chi connectivity index (χ3n) is 3.25. The van der Waals surface area contributed by atoms with E-state index in [1.54, 1.807) is 0 Å². The summed E-state index contributed by atoms with van der Waals surface area (Å²) < 4.78 is 36.0. The first-order chi connectivity index (χ1) is 8.81. The van der Waals surface area contributed by atoms with E-state index in [1.165, 1.54) is 0 Å². The minimum atomic E-state index is -4.16. The summed E-state index contributed by atoms with van der Waals surface area (Å²) in [6.45, 7) is 4.22. The number of hydrogen-bond acceptors (Lipinski definition) is 2. The van der Waals surface area contributed by atoms with Crippen molar-refractivity contribution in [3.05, 3.63) is 0 Å². The Morgan fingerprint density at radius 1 is 1.11 bits per heavy atom. The molecule has 0 atom stereocenters. The highest BCUT2D eigenvalue weighted by molar-refractivity contribution is 5.82. The summed E-state index contributed by atoms with van der Waals surface area (Å²) in [4.78, 5) is 12.1. The van der Waals surface area contributed by atoms with Crippen molar-refractivity contribution in [2.45, 2.75) is 58.5 Å². The lowest BCUT2D eigenvalue weighted by Gasteiger charge is -2.30. The maximum Gasteiger partial charge on any atom is 0.389 e. The van der Waals surface area contributed by atoms with Crippen LogP contribution in [0, 0.1) is 5.41 Å².